The summed E-state index contributed by atoms with van der Waals surface area (Å²) in [5.41, 5.74) is 6.98. The van der Waals surface area contributed by atoms with Crippen molar-refractivity contribution < 1.29 is 4.74 Å². The molecule has 0 amide bonds. The van der Waals surface area contributed by atoms with E-state index in [-0.39, 0.29) is 6.04 Å². The van der Waals surface area contributed by atoms with E-state index in [1.54, 1.807) is 19.5 Å². The second-order valence-corrected chi connectivity index (χ2v) is 3.05. The van der Waals surface area contributed by atoms with Crippen LogP contribution in [-0.2, 0) is 0 Å². The number of methoxy groups -OCH3 is 1. The molecule has 1 aromatic heterocycles. The standard InChI is InChI=1S/C10H16N2O/c1-3-4-10(11)8-5-9(13-2)7-12-6-8/h5-7,10H,3-4,11H2,1-2H3/t10-/m1/s1. The van der Waals surface area contributed by atoms with Crippen LogP contribution in [0.25, 0.3) is 0 Å². The fraction of sp³-hybridized carbons (Fsp3) is 0.500. The van der Waals surface area contributed by atoms with Crippen LogP contribution in [0.15, 0.2) is 18.5 Å². The van der Waals surface area contributed by atoms with E-state index in [1.165, 1.54) is 0 Å². The molecule has 1 heterocycles. The van der Waals surface area contributed by atoms with E-state index in [0.29, 0.717) is 0 Å². The van der Waals surface area contributed by atoms with Crippen molar-refractivity contribution in [1.29, 1.82) is 0 Å². The van der Waals surface area contributed by atoms with E-state index in [4.69, 9.17) is 10.5 Å². The Balaban J connectivity index is 2.75. The molecule has 0 aliphatic heterocycles. The van der Waals surface area contributed by atoms with Gasteiger partial charge in [0.15, 0.2) is 0 Å². The summed E-state index contributed by atoms with van der Waals surface area (Å²) in [4.78, 5) is 4.05. The topological polar surface area (TPSA) is 48.1 Å². The second kappa shape index (κ2) is 4.82. The van der Waals surface area contributed by atoms with Crippen molar-refractivity contribution in [2.75, 3.05) is 7.11 Å². The predicted molar refractivity (Wildman–Crippen MR) is 52.6 cm³/mol. The van der Waals surface area contributed by atoms with Gasteiger partial charge in [-0.05, 0) is 18.1 Å². The third-order valence-corrected chi connectivity index (χ3v) is 2.00. The predicted octanol–water partition coefficient (Wildman–Crippen LogP) is 1.89. The van der Waals surface area contributed by atoms with Crippen molar-refractivity contribution in [1.82, 2.24) is 4.98 Å². The van der Waals surface area contributed by atoms with E-state index in [0.717, 1.165) is 24.2 Å². The van der Waals surface area contributed by atoms with E-state index < -0.39 is 0 Å². The number of hydrogen-bond acceptors (Lipinski definition) is 3. The Hall–Kier alpha value is -1.09. The molecule has 0 saturated heterocycles. The van der Waals surface area contributed by atoms with Crippen LogP contribution < -0.4 is 10.5 Å². The molecule has 1 rings (SSSR count). The van der Waals surface area contributed by atoms with Crippen LogP contribution in [0.3, 0.4) is 0 Å². The number of hydrogen-bond donors (Lipinski definition) is 1. The Morgan fingerprint density at radius 1 is 1.54 bits per heavy atom. The zero-order chi connectivity index (χ0) is 9.68. The summed E-state index contributed by atoms with van der Waals surface area (Å²) < 4.78 is 5.07. The Bertz CT molecular complexity index is 263. The molecule has 0 unspecified atom stereocenters. The monoisotopic (exact) mass is 180 g/mol. The van der Waals surface area contributed by atoms with Crippen LogP contribution in [0.1, 0.15) is 31.4 Å². The number of nitrogens with zero attached hydrogens (tertiary/aromatic N) is 1. The molecule has 13 heavy (non-hydrogen) atoms. The van der Waals surface area contributed by atoms with Crippen molar-refractivity contribution in [2.24, 2.45) is 5.73 Å². The maximum absolute atomic E-state index is 5.93. The Labute approximate surface area is 78.9 Å². The van der Waals surface area contributed by atoms with E-state index in [9.17, 15) is 0 Å². The molecule has 0 bridgehead atoms. The van der Waals surface area contributed by atoms with Crippen molar-refractivity contribution in [3.63, 3.8) is 0 Å². The quantitative estimate of drug-likeness (QED) is 0.769. The van der Waals surface area contributed by atoms with E-state index >= 15 is 0 Å². The molecule has 1 atom stereocenters. The molecule has 0 saturated carbocycles. The van der Waals surface area contributed by atoms with Gasteiger partial charge in [0.25, 0.3) is 0 Å². The normalized spacial score (nSPS) is 12.5. The van der Waals surface area contributed by atoms with Gasteiger partial charge in [0.05, 0.1) is 13.3 Å². The number of aromatic nitrogens is 1. The summed E-state index contributed by atoms with van der Waals surface area (Å²) in [6.45, 7) is 2.12. The highest BCUT2D eigenvalue weighted by Gasteiger charge is 2.05. The first-order valence-electron chi connectivity index (χ1n) is 4.52. The zero-order valence-electron chi connectivity index (χ0n) is 8.16. The Morgan fingerprint density at radius 2 is 2.31 bits per heavy atom. The van der Waals surface area contributed by atoms with E-state index in [2.05, 4.69) is 11.9 Å². The fourth-order valence-electron chi connectivity index (χ4n) is 1.23. The maximum Gasteiger partial charge on any atom is 0.137 e. The molecule has 3 nitrogen and oxygen atoms in total. The van der Waals surface area contributed by atoms with Crippen LogP contribution in [0.2, 0.25) is 0 Å². The minimum atomic E-state index is 0.0765. The Morgan fingerprint density at radius 3 is 2.92 bits per heavy atom. The molecule has 0 fully saturated rings. The fourth-order valence-corrected chi connectivity index (χ4v) is 1.23. The van der Waals surface area contributed by atoms with Gasteiger partial charge in [0, 0.05) is 12.2 Å². The third kappa shape index (κ3) is 2.70. The minimum absolute atomic E-state index is 0.0765. The van der Waals surface area contributed by atoms with Gasteiger partial charge < -0.3 is 10.5 Å². The van der Waals surface area contributed by atoms with Gasteiger partial charge in [-0.2, -0.15) is 0 Å². The smallest absolute Gasteiger partial charge is 0.137 e. The highest BCUT2D eigenvalue weighted by Crippen LogP contribution is 2.18. The number of nitrogens with two attached hydrogens (primary N) is 1. The lowest BCUT2D eigenvalue weighted by atomic mass is 10.1. The van der Waals surface area contributed by atoms with Gasteiger partial charge in [0.1, 0.15) is 5.75 Å². The maximum atomic E-state index is 5.93. The van der Waals surface area contributed by atoms with Crippen LogP contribution in [0.4, 0.5) is 0 Å². The van der Waals surface area contributed by atoms with Crippen molar-refractivity contribution in [3.05, 3.63) is 24.0 Å². The van der Waals surface area contributed by atoms with E-state index in [1.807, 2.05) is 6.07 Å². The summed E-state index contributed by atoms with van der Waals surface area (Å²) in [6, 6.07) is 2.01. The van der Waals surface area contributed by atoms with Gasteiger partial charge in [-0.15, -0.1) is 0 Å². The molecular weight excluding hydrogens is 164 g/mol. The molecule has 0 aliphatic carbocycles. The van der Waals surface area contributed by atoms with Gasteiger partial charge in [-0.1, -0.05) is 13.3 Å². The highest BCUT2D eigenvalue weighted by atomic mass is 16.5. The molecule has 0 aromatic carbocycles. The molecule has 2 N–H and O–H groups in total. The SMILES string of the molecule is CCC[C@@H](N)c1cncc(OC)c1. The summed E-state index contributed by atoms with van der Waals surface area (Å²) in [5.74, 6) is 0.768. The average Bonchev–Trinajstić information content (AvgIpc) is 2.18. The number of ether oxygens (including phenoxy) is 1. The lowest BCUT2D eigenvalue weighted by Gasteiger charge is -2.10. The van der Waals surface area contributed by atoms with Crippen molar-refractivity contribution in [3.8, 4) is 5.75 Å². The summed E-state index contributed by atoms with van der Waals surface area (Å²) in [6.07, 6.45) is 5.54. The van der Waals surface area contributed by atoms with Crippen LogP contribution >= 0.6 is 0 Å². The van der Waals surface area contributed by atoms with Crippen LogP contribution in [-0.4, -0.2) is 12.1 Å². The Kier molecular flexibility index (Phi) is 3.71. The molecule has 0 aliphatic rings. The zero-order valence-corrected chi connectivity index (χ0v) is 8.16. The molecular formula is C10H16N2O. The average molecular weight is 180 g/mol. The molecule has 0 spiro atoms. The van der Waals surface area contributed by atoms with Gasteiger partial charge in [0.2, 0.25) is 0 Å². The lowest BCUT2D eigenvalue weighted by Crippen LogP contribution is -2.10. The summed E-state index contributed by atoms with van der Waals surface area (Å²) >= 11 is 0. The molecule has 1 aromatic rings. The van der Waals surface area contributed by atoms with Crippen molar-refractivity contribution in [2.45, 2.75) is 25.8 Å². The summed E-state index contributed by atoms with van der Waals surface area (Å²) in [5, 5.41) is 0. The lowest BCUT2D eigenvalue weighted by molar-refractivity contribution is 0.411. The molecule has 72 valence electrons. The number of pyridine rings is 1. The molecule has 0 radical (unpaired) electrons. The molecule has 3 heteroatoms. The highest BCUT2D eigenvalue weighted by molar-refractivity contribution is 5.25. The van der Waals surface area contributed by atoms with Gasteiger partial charge >= 0.3 is 0 Å². The van der Waals surface area contributed by atoms with Gasteiger partial charge in [-0.25, -0.2) is 0 Å². The third-order valence-electron chi connectivity index (χ3n) is 2.00. The van der Waals surface area contributed by atoms with Crippen molar-refractivity contribution >= 4 is 0 Å². The number of rotatable bonds is 4. The first-order chi connectivity index (χ1) is 6.27. The summed E-state index contributed by atoms with van der Waals surface area (Å²) in [7, 11) is 1.63. The largest absolute Gasteiger partial charge is 0.495 e. The van der Waals surface area contributed by atoms with Gasteiger partial charge in [-0.3, -0.25) is 4.98 Å². The minimum Gasteiger partial charge on any atom is -0.495 e. The van der Waals surface area contributed by atoms with Crippen LogP contribution in [0.5, 0.6) is 5.75 Å². The first-order valence-corrected chi connectivity index (χ1v) is 4.52. The second-order valence-electron chi connectivity index (χ2n) is 3.05. The first kappa shape index (κ1) is 9.99. The van der Waals surface area contributed by atoms with Crippen LogP contribution in [0, 0.1) is 0 Å².